The molecular weight excluding hydrogens is 396 g/mol. The van der Waals surface area contributed by atoms with E-state index in [0.717, 1.165) is 18.4 Å². The fourth-order valence-corrected chi connectivity index (χ4v) is 3.42. The van der Waals surface area contributed by atoms with Crippen LogP contribution in [0.5, 0.6) is 0 Å². The van der Waals surface area contributed by atoms with Crippen molar-refractivity contribution in [2.75, 3.05) is 6.54 Å². The van der Waals surface area contributed by atoms with Crippen molar-refractivity contribution in [3.8, 4) is 0 Å². The molecule has 7 nitrogen and oxygen atoms in total. The normalized spacial score (nSPS) is 14.6. The Bertz CT molecular complexity index is 727. The summed E-state index contributed by atoms with van der Waals surface area (Å²) in [7, 11) is 0. The number of ketones is 1. The maximum absolute atomic E-state index is 13.2. The van der Waals surface area contributed by atoms with E-state index in [1.54, 1.807) is 46.8 Å². The number of hydrogen-bond donors (Lipinski definition) is 2. The van der Waals surface area contributed by atoms with Gasteiger partial charge < -0.3 is 20.9 Å². The second-order valence-electron chi connectivity index (χ2n) is 9.21. The minimum Gasteiger partial charge on any atom is -0.460 e. The van der Waals surface area contributed by atoms with E-state index < -0.39 is 40.7 Å². The Labute approximate surface area is 185 Å². The number of benzene rings is 1. The first-order valence-corrected chi connectivity index (χ1v) is 10.9. The predicted molar refractivity (Wildman–Crippen MR) is 120 cm³/mol. The van der Waals surface area contributed by atoms with E-state index in [9.17, 15) is 14.4 Å². The maximum atomic E-state index is 13.2. The summed E-state index contributed by atoms with van der Waals surface area (Å²) in [6.07, 6.45) is 2.09. The minimum absolute atomic E-state index is 0.0434. The highest BCUT2D eigenvalue weighted by Crippen LogP contribution is 2.31. The first-order valence-electron chi connectivity index (χ1n) is 10.9. The van der Waals surface area contributed by atoms with Gasteiger partial charge in [0.1, 0.15) is 12.2 Å². The average molecular weight is 435 g/mol. The third-order valence-electron chi connectivity index (χ3n) is 4.94. The molecule has 0 amide bonds. The first-order chi connectivity index (χ1) is 14.4. The Morgan fingerprint density at radius 2 is 1.61 bits per heavy atom. The van der Waals surface area contributed by atoms with Gasteiger partial charge in [0.15, 0.2) is 11.3 Å². The van der Waals surface area contributed by atoms with Gasteiger partial charge in [0.2, 0.25) is 0 Å². The highest BCUT2D eigenvalue weighted by Gasteiger charge is 2.55. The Balaban J connectivity index is 3.20. The fraction of sp³-hybridized carbons (Fsp3) is 0.625. The molecule has 31 heavy (non-hydrogen) atoms. The Kier molecular flexibility index (Phi) is 10.3. The SMILES string of the molecule is CC(C)C(C(=O)OC(C)(C)C)C(N)(C(=O)CCCCCN)C(=O)OCc1ccccc1. The molecule has 2 atom stereocenters. The lowest BCUT2D eigenvalue weighted by Gasteiger charge is -2.36. The quantitative estimate of drug-likeness (QED) is 0.294. The standard InChI is InChI=1S/C24H38N2O5/c1-17(2)20(21(28)31-23(3,4)5)24(26,19(27)14-10-7-11-15-25)22(29)30-16-18-12-8-6-9-13-18/h6,8-9,12-13,17,20H,7,10-11,14-16,25-26H2,1-5H3. The van der Waals surface area contributed by atoms with Crippen molar-refractivity contribution >= 4 is 17.7 Å². The molecule has 0 aliphatic carbocycles. The van der Waals surface area contributed by atoms with Gasteiger partial charge in [-0.3, -0.25) is 9.59 Å². The van der Waals surface area contributed by atoms with Crippen LogP contribution in [-0.4, -0.2) is 35.4 Å². The molecule has 1 aromatic carbocycles. The molecule has 0 aromatic heterocycles. The van der Waals surface area contributed by atoms with Gasteiger partial charge in [0, 0.05) is 6.42 Å². The van der Waals surface area contributed by atoms with Crippen molar-refractivity contribution in [1.29, 1.82) is 0 Å². The van der Waals surface area contributed by atoms with Gasteiger partial charge in [-0.05, 0) is 51.6 Å². The minimum atomic E-state index is -2.13. The molecule has 0 aliphatic rings. The largest absolute Gasteiger partial charge is 0.460 e. The number of Topliss-reactive ketones (excluding diaryl/α,β-unsaturated/α-hetero) is 1. The third kappa shape index (κ3) is 8.07. The average Bonchev–Trinajstić information content (AvgIpc) is 2.68. The number of ether oxygens (including phenoxy) is 2. The molecule has 1 rings (SSSR count). The summed E-state index contributed by atoms with van der Waals surface area (Å²) in [6, 6.07) is 9.08. The molecule has 4 N–H and O–H groups in total. The van der Waals surface area contributed by atoms with Gasteiger partial charge in [-0.15, -0.1) is 0 Å². The van der Waals surface area contributed by atoms with Crippen molar-refractivity contribution in [3.63, 3.8) is 0 Å². The van der Waals surface area contributed by atoms with Crippen molar-refractivity contribution < 1.29 is 23.9 Å². The molecule has 0 bridgehead atoms. The van der Waals surface area contributed by atoms with E-state index in [4.69, 9.17) is 20.9 Å². The molecule has 7 heteroatoms. The number of nitrogens with two attached hydrogens (primary N) is 2. The molecule has 0 saturated heterocycles. The smallest absolute Gasteiger partial charge is 0.335 e. The van der Waals surface area contributed by atoms with E-state index in [1.807, 2.05) is 18.2 Å². The van der Waals surface area contributed by atoms with E-state index >= 15 is 0 Å². The van der Waals surface area contributed by atoms with Crippen molar-refractivity contribution in [3.05, 3.63) is 35.9 Å². The molecule has 0 spiro atoms. The predicted octanol–water partition coefficient (Wildman–Crippen LogP) is 3.13. The van der Waals surface area contributed by atoms with Gasteiger partial charge in [-0.25, -0.2) is 4.79 Å². The fourth-order valence-electron chi connectivity index (χ4n) is 3.42. The molecule has 174 valence electrons. The molecule has 0 fully saturated rings. The van der Waals surface area contributed by atoms with Crippen molar-refractivity contribution in [2.24, 2.45) is 23.3 Å². The summed E-state index contributed by atoms with van der Waals surface area (Å²) in [6.45, 7) is 9.13. The maximum Gasteiger partial charge on any atom is 0.335 e. The second-order valence-corrected chi connectivity index (χ2v) is 9.21. The number of rotatable bonds is 12. The number of esters is 2. The lowest BCUT2D eigenvalue weighted by molar-refractivity contribution is -0.175. The number of carbonyl (C=O) groups excluding carboxylic acids is 3. The second kappa shape index (κ2) is 12.0. The number of hydrogen-bond acceptors (Lipinski definition) is 7. The van der Waals surface area contributed by atoms with Crippen LogP contribution in [0.4, 0.5) is 0 Å². The van der Waals surface area contributed by atoms with Crippen LogP contribution in [0.1, 0.15) is 65.9 Å². The van der Waals surface area contributed by atoms with Crippen LogP contribution in [-0.2, 0) is 30.5 Å². The summed E-state index contributed by atoms with van der Waals surface area (Å²) in [4.78, 5) is 39.4. The zero-order valence-electron chi connectivity index (χ0n) is 19.5. The van der Waals surface area contributed by atoms with Crippen LogP contribution >= 0.6 is 0 Å². The van der Waals surface area contributed by atoms with Gasteiger partial charge >= 0.3 is 11.9 Å². The Morgan fingerprint density at radius 3 is 2.13 bits per heavy atom. The van der Waals surface area contributed by atoms with Crippen LogP contribution in [0, 0.1) is 11.8 Å². The summed E-state index contributed by atoms with van der Waals surface area (Å²) in [5.74, 6) is -3.71. The van der Waals surface area contributed by atoms with E-state index in [2.05, 4.69) is 0 Å². The topological polar surface area (TPSA) is 122 Å². The van der Waals surface area contributed by atoms with Gasteiger partial charge in [-0.2, -0.15) is 0 Å². The van der Waals surface area contributed by atoms with Gasteiger partial charge in [0.05, 0.1) is 5.92 Å². The molecule has 0 heterocycles. The molecule has 0 aliphatic heterocycles. The molecular formula is C24H38N2O5. The molecule has 0 saturated carbocycles. The van der Waals surface area contributed by atoms with Crippen LogP contribution in [0.3, 0.4) is 0 Å². The van der Waals surface area contributed by atoms with E-state index in [-0.39, 0.29) is 13.0 Å². The summed E-state index contributed by atoms with van der Waals surface area (Å²) in [5.41, 5.74) is 9.83. The lowest BCUT2D eigenvalue weighted by Crippen LogP contribution is -2.64. The highest BCUT2D eigenvalue weighted by molar-refractivity contribution is 6.11. The number of unbranched alkanes of at least 4 members (excludes halogenated alkanes) is 2. The Morgan fingerprint density at radius 1 is 1.00 bits per heavy atom. The summed E-state index contributed by atoms with van der Waals surface area (Å²) in [5, 5.41) is 0. The number of carbonyl (C=O) groups is 3. The van der Waals surface area contributed by atoms with Gasteiger partial charge in [0.25, 0.3) is 0 Å². The van der Waals surface area contributed by atoms with Crippen LogP contribution in [0.15, 0.2) is 30.3 Å². The van der Waals surface area contributed by atoms with Crippen molar-refractivity contribution in [2.45, 2.75) is 78.0 Å². The zero-order valence-corrected chi connectivity index (χ0v) is 19.5. The summed E-state index contributed by atoms with van der Waals surface area (Å²) < 4.78 is 11.0. The monoisotopic (exact) mass is 434 g/mol. The molecule has 1 aromatic rings. The zero-order chi connectivity index (χ0) is 23.7. The lowest BCUT2D eigenvalue weighted by atomic mass is 9.73. The first kappa shape index (κ1) is 26.8. The molecule has 2 unspecified atom stereocenters. The Hall–Kier alpha value is -2.25. The third-order valence-corrected chi connectivity index (χ3v) is 4.94. The van der Waals surface area contributed by atoms with Crippen LogP contribution in [0.2, 0.25) is 0 Å². The van der Waals surface area contributed by atoms with Crippen LogP contribution in [0.25, 0.3) is 0 Å². The van der Waals surface area contributed by atoms with Crippen molar-refractivity contribution in [1.82, 2.24) is 0 Å². The highest BCUT2D eigenvalue weighted by atomic mass is 16.6. The molecule has 0 radical (unpaired) electrons. The van der Waals surface area contributed by atoms with Crippen LogP contribution < -0.4 is 11.5 Å². The van der Waals surface area contributed by atoms with E-state index in [1.165, 1.54) is 0 Å². The van der Waals surface area contributed by atoms with E-state index in [0.29, 0.717) is 13.0 Å². The summed E-state index contributed by atoms with van der Waals surface area (Å²) >= 11 is 0. The van der Waals surface area contributed by atoms with Gasteiger partial charge in [-0.1, -0.05) is 50.6 Å².